The van der Waals surface area contributed by atoms with E-state index in [4.69, 9.17) is 0 Å². The van der Waals surface area contributed by atoms with Gasteiger partial charge in [0.2, 0.25) is 0 Å². The van der Waals surface area contributed by atoms with Gasteiger partial charge in [-0.25, -0.2) is 0 Å². The zero-order valence-electron chi connectivity index (χ0n) is 15.7. The van der Waals surface area contributed by atoms with Gasteiger partial charge in [-0.05, 0) is 60.7 Å². The Morgan fingerprint density at radius 2 is 1.04 bits per heavy atom. The zero-order valence-corrected chi connectivity index (χ0v) is 19.0. The fourth-order valence-corrected chi connectivity index (χ4v) is 8.92. The molecule has 28 heavy (non-hydrogen) atoms. The summed E-state index contributed by atoms with van der Waals surface area (Å²) in [5.41, 5.74) is 0. The first-order chi connectivity index (χ1) is 13.4. The summed E-state index contributed by atoms with van der Waals surface area (Å²) in [5.74, 6) is 0. The molecule has 4 aromatic rings. The van der Waals surface area contributed by atoms with Gasteiger partial charge in [0.25, 0.3) is 0 Å². The van der Waals surface area contributed by atoms with Crippen LogP contribution in [0.15, 0.2) is 109 Å². The fourth-order valence-electron chi connectivity index (χ4n) is 3.83. The van der Waals surface area contributed by atoms with E-state index >= 15 is 0 Å². The van der Waals surface area contributed by atoms with E-state index in [1.807, 2.05) is 11.3 Å². The second-order valence-electron chi connectivity index (χ2n) is 6.72. The van der Waals surface area contributed by atoms with Crippen LogP contribution < -0.4 is 32.9 Å². The minimum atomic E-state index is -1.67. The van der Waals surface area contributed by atoms with Gasteiger partial charge in [-0.15, -0.1) is 11.3 Å². The van der Waals surface area contributed by atoms with Crippen molar-refractivity contribution in [2.75, 3.05) is 6.16 Å². The van der Waals surface area contributed by atoms with E-state index in [0.717, 1.165) is 6.42 Å². The van der Waals surface area contributed by atoms with E-state index in [9.17, 15) is 0 Å². The highest BCUT2D eigenvalue weighted by Crippen LogP contribution is 2.55. The van der Waals surface area contributed by atoms with E-state index in [2.05, 4.69) is 109 Å². The molecule has 3 aromatic carbocycles. The van der Waals surface area contributed by atoms with Crippen LogP contribution in [-0.4, -0.2) is 6.16 Å². The number of benzene rings is 3. The first-order valence-electron chi connectivity index (χ1n) is 9.47. The topological polar surface area (TPSA) is 0 Å². The minimum absolute atomic E-state index is 0. The molecule has 0 unspecified atom stereocenters. The van der Waals surface area contributed by atoms with Gasteiger partial charge in [0, 0.05) is 4.88 Å². The van der Waals surface area contributed by atoms with Crippen molar-refractivity contribution < 1.29 is 17.0 Å². The molecule has 0 aliphatic rings. The SMILES string of the molecule is [Br-].c1ccc([P+](CCCc2cccs2)(c2ccccc2)c2ccccc2)cc1. The lowest BCUT2D eigenvalue weighted by atomic mass is 10.3. The third-order valence-corrected chi connectivity index (χ3v) is 10.5. The van der Waals surface area contributed by atoms with Crippen molar-refractivity contribution in [2.24, 2.45) is 0 Å². The van der Waals surface area contributed by atoms with E-state index in [1.54, 1.807) is 0 Å². The average Bonchev–Trinajstić information content (AvgIpc) is 3.27. The number of aryl methyl sites for hydroxylation is 1. The second kappa shape index (κ2) is 10.2. The quantitative estimate of drug-likeness (QED) is 0.367. The van der Waals surface area contributed by atoms with Crippen LogP contribution >= 0.6 is 18.6 Å². The predicted octanol–water partition coefficient (Wildman–Crippen LogP) is 2.68. The molecule has 0 saturated carbocycles. The molecule has 0 atom stereocenters. The molecule has 1 aromatic heterocycles. The van der Waals surface area contributed by atoms with Crippen LogP contribution in [0.5, 0.6) is 0 Å². The Morgan fingerprint density at radius 1 is 0.571 bits per heavy atom. The third kappa shape index (κ3) is 4.46. The Morgan fingerprint density at radius 3 is 1.43 bits per heavy atom. The molecule has 142 valence electrons. The summed E-state index contributed by atoms with van der Waals surface area (Å²) in [5, 5.41) is 6.62. The van der Waals surface area contributed by atoms with Crippen molar-refractivity contribution in [3.8, 4) is 0 Å². The van der Waals surface area contributed by atoms with Crippen molar-refractivity contribution >= 4 is 34.5 Å². The molecular formula is C25H24BrPS. The molecule has 0 bridgehead atoms. The number of hydrogen-bond donors (Lipinski definition) is 0. The van der Waals surface area contributed by atoms with Gasteiger partial charge in [0.15, 0.2) is 0 Å². The van der Waals surface area contributed by atoms with Crippen molar-refractivity contribution in [3.05, 3.63) is 113 Å². The van der Waals surface area contributed by atoms with E-state index in [0.29, 0.717) is 0 Å². The smallest absolute Gasteiger partial charge is 0.112 e. The van der Waals surface area contributed by atoms with Crippen LogP contribution in [0.3, 0.4) is 0 Å². The van der Waals surface area contributed by atoms with Crippen LogP contribution in [0.4, 0.5) is 0 Å². The Labute approximate surface area is 183 Å². The molecule has 0 saturated heterocycles. The maximum Gasteiger partial charge on any atom is 0.112 e. The Kier molecular flexibility index (Phi) is 7.62. The molecule has 0 fully saturated rings. The normalized spacial score (nSPS) is 11.0. The fraction of sp³-hybridized carbons (Fsp3) is 0.120. The standard InChI is InChI=1S/C25H24PS.BrH/c1-4-12-22(13-5-1)26(23-14-6-2-7-15-23,24-16-8-3-9-17-24)20-10-18-25-19-11-21-27-25;/h1-9,11-17,19,21H,10,18,20H2;1H/q+1;/p-1. The van der Waals surface area contributed by atoms with Gasteiger partial charge in [0.1, 0.15) is 23.2 Å². The zero-order chi connectivity index (χ0) is 18.4. The van der Waals surface area contributed by atoms with Gasteiger partial charge in [-0.2, -0.15) is 0 Å². The number of halogens is 1. The first-order valence-corrected chi connectivity index (χ1v) is 12.3. The van der Waals surface area contributed by atoms with Crippen molar-refractivity contribution in [1.82, 2.24) is 0 Å². The lowest BCUT2D eigenvalue weighted by molar-refractivity contribution is -0.00000515. The molecule has 3 heteroatoms. The summed E-state index contributed by atoms with van der Waals surface area (Å²) in [6, 6.07) is 37.9. The van der Waals surface area contributed by atoms with Crippen LogP contribution in [0.25, 0.3) is 0 Å². The highest BCUT2D eigenvalue weighted by molar-refractivity contribution is 7.95. The van der Waals surface area contributed by atoms with Crippen LogP contribution in [-0.2, 0) is 6.42 Å². The number of hydrogen-bond acceptors (Lipinski definition) is 1. The lowest BCUT2D eigenvalue weighted by Gasteiger charge is -2.27. The predicted molar refractivity (Wildman–Crippen MR) is 123 cm³/mol. The summed E-state index contributed by atoms with van der Waals surface area (Å²) in [6.45, 7) is 0. The number of rotatable bonds is 7. The summed E-state index contributed by atoms with van der Waals surface area (Å²) in [6.07, 6.45) is 3.56. The largest absolute Gasteiger partial charge is 1.00 e. The summed E-state index contributed by atoms with van der Waals surface area (Å²) in [7, 11) is -1.67. The summed E-state index contributed by atoms with van der Waals surface area (Å²) in [4.78, 5) is 1.49. The molecule has 0 nitrogen and oxygen atoms in total. The Bertz CT molecular complexity index is 841. The van der Waals surface area contributed by atoms with Gasteiger partial charge >= 0.3 is 0 Å². The molecule has 0 radical (unpaired) electrons. The molecule has 0 N–H and O–H groups in total. The molecule has 0 spiro atoms. The van der Waals surface area contributed by atoms with Crippen LogP contribution in [0, 0.1) is 0 Å². The summed E-state index contributed by atoms with van der Waals surface area (Å²) < 4.78 is 0. The van der Waals surface area contributed by atoms with Gasteiger partial charge in [0.05, 0.1) is 6.16 Å². The highest BCUT2D eigenvalue weighted by atomic mass is 79.9. The molecular weight excluding hydrogens is 443 g/mol. The monoisotopic (exact) mass is 466 g/mol. The molecule has 0 aliphatic carbocycles. The van der Waals surface area contributed by atoms with Gasteiger partial charge < -0.3 is 17.0 Å². The lowest BCUT2D eigenvalue weighted by Crippen LogP contribution is -3.00. The molecule has 0 amide bonds. The van der Waals surface area contributed by atoms with Crippen molar-refractivity contribution in [3.63, 3.8) is 0 Å². The van der Waals surface area contributed by atoms with Crippen molar-refractivity contribution in [2.45, 2.75) is 12.8 Å². The highest BCUT2D eigenvalue weighted by Gasteiger charge is 2.44. The molecule has 0 aliphatic heterocycles. The average molecular weight is 467 g/mol. The van der Waals surface area contributed by atoms with Crippen LogP contribution in [0.2, 0.25) is 0 Å². The van der Waals surface area contributed by atoms with Gasteiger partial charge in [-0.1, -0.05) is 60.7 Å². The van der Waals surface area contributed by atoms with E-state index in [-0.39, 0.29) is 17.0 Å². The maximum atomic E-state index is 2.33. The van der Waals surface area contributed by atoms with E-state index < -0.39 is 7.26 Å². The second-order valence-corrected chi connectivity index (χ2v) is 11.4. The third-order valence-electron chi connectivity index (χ3n) is 5.09. The first kappa shape index (κ1) is 21.0. The summed E-state index contributed by atoms with van der Waals surface area (Å²) >= 11 is 1.87. The Hall–Kier alpha value is -1.73. The molecule has 1 heterocycles. The Balaban J connectivity index is 0.00000225. The van der Waals surface area contributed by atoms with Crippen molar-refractivity contribution in [1.29, 1.82) is 0 Å². The van der Waals surface area contributed by atoms with E-state index in [1.165, 1.54) is 33.4 Å². The minimum Gasteiger partial charge on any atom is -1.00 e. The van der Waals surface area contributed by atoms with Crippen LogP contribution in [0.1, 0.15) is 11.3 Å². The van der Waals surface area contributed by atoms with Gasteiger partial charge in [-0.3, -0.25) is 0 Å². The molecule has 4 rings (SSSR count). The number of thiophene rings is 1. The maximum absolute atomic E-state index is 2.33.